The van der Waals surface area contributed by atoms with Gasteiger partial charge in [0.05, 0.1) is 29.4 Å². The van der Waals surface area contributed by atoms with Crippen LogP contribution in [0.15, 0.2) is 47.0 Å². The Labute approximate surface area is 197 Å². The molecule has 0 aliphatic rings. The average molecular weight is 462 g/mol. The molecule has 0 bridgehead atoms. The van der Waals surface area contributed by atoms with Crippen molar-refractivity contribution in [1.82, 2.24) is 25.6 Å². The predicted molar refractivity (Wildman–Crippen MR) is 128 cm³/mol. The van der Waals surface area contributed by atoms with Gasteiger partial charge in [-0.3, -0.25) is 20.4 Å². The van der Waals surface area contributed by atoms with Gasteiger partial charge >= 0.3 is 0 Å². The Morgan fingerprint density at radius 2 is 1.79 bits per heavy atom. The summed E-state index contributed by atoms with van der Waals surface area (Å²) in [5.41, 5.74) is 7.68. The minimum absolute atomic E-state index is 0.0442. The van der Waals surface area contributed by atoms with Crippen molar-refractivity contribution in [2.24, 2.45) is 0 Å². The number of hydrazine groups is 1. The third-order valence-corrected chi connectivity index (χ3v) is 5.33. The number of hydrogen-bond donors (Lipinski definition) is 2. The monoisotopic (exact) mass is 461 g/mol. The minimum atomic E-state index is -0.478. The van der Waals surface area contributed by atoms with E-state index in [-0.39, 0.29) is 6.04 Å². The van der Waals surface area contributed by atoms with Gasteiger partial charge in [0.1, 0.15) is 17.3 Å². The number of hydrogen-bond acceptors (Lipinski definition) is 6. The fraction of sp³-hybridized carbons (Fsp3) is 0.280. The highest BCUT2D eigenvalue weighted by molar-refractivity contribution is 6.07. The summed E-state index contributed by atoms with van der Waals surface area (Å²) in [6, 6.07) is 10.3. The number of amides is 2. The van der Waals surface area contributed by atoms with Crippen LogP contribution < -0.4 is 15.6 Å². The van der Waals surface area contributed by atoms with E-state index in [1.165, 1.54) is 0 Å². The van der Waals surface area contributed by atoms with Crippen LogP contribution in [0.3, 0.4) is 0 Å². The molecule has 4 aromatic rings. The van der Waals surface area contributed by atoms with Gasteiger partial charge in [-0.15, -0.1) is 0 Å². The topological polar surface area (TPSA) is 111 Å². The Bertz CT molecular complexity index is 1350. The number of aromatic nitrogens is 3. The van der Waals surface area contributed by atoms with E-state index in [9.17, 15) is 9.59 Å². The number of nitrogens with one attached hydrogen (secondary N) is 2. The molecule has 9 heteroatoms. The first-order valence-electron chi connectivity index (χ1n) is 11.1. The standard InChI is InChI=1S/C25H27N5O4/c1-6-33-18-9-7-17(8-10-18)24(31)28-29-25(32)20-12-22(19-11-15(4)34-16(19)5)27-23-21(20)13-26-30(23)14(2)3/h7-14H,6H2,1-5H3,(H,28,31)(H,29,32). The maximum absolute atomic E-state index is 13.2. The zero-order valence-electron chi connectivity index (χ0n) is 19.8. The highest BCUT2D eigenvalue weighted by atomic mass is 16.5. The molecule has 0 fully saturated rings. The molecular weight excluding hydrogens is 434 g/mol. The van der Waals surface area contributed by atoms with E-state index in [2.05, 4.69) is 16.0 Å². The maximum atomic E-state index is 13.2. The van der Waals surface area contributed by atoms with E-state index in [0.717, 1.165) is 11.3 Å². The van der Waals surface area contributed by atoms with Crippen LogP contribution in [0.4, 0.5) is 0 Å². The van der Waals surface area contributed by atoms with E-state index in [0.29, 0.717) is 46.0 Å². The molecule has 0 saturated carbocycles. The Morgan fingerprint density at radius 3 is 2.41 bits per heavy atom. The quantitative estimate of drug-likeness (QED) is 0.413. The molecule has 4 rings (SSSR count). The van der Waals surface area contributed by atoms with Gasteiger partial charge in [0.15, 0.2) is 5.65 Å². The Balaban J connectivity index is 1.63. The molecule has 1 aromatic carbocycles. The molecule has 9 nitrogen and oxygen atoms in total. The van der Waals surface area contributed by atoms with Gasteiger partial charge in [-0.05, 0) is 71.0 Å². The fourth-order valence-electron chi connectivity index (χ4n) is 3.73. The Morgan fingerprint density at radius 1 is 1.09 bits per heavy atom. The number of aryl methyl sites for hydroxylation is 2. The number of carbonyl (C=O) groups is 2. The predicted octanol–water partition coefficient (Wildman–Crippen LogP) is 4.36. The van der Waals surface area contributed by atoms with Crippen molar-refractivity contribution in [1.29, 1.82) is 0 Å². The van der Waals surface area contributed by atoms with Crippen LogP contribution in [0.2, 0.25) is 0 Å². The molecule has 0 aliphatic heterocycles. The Hall–Kier alpha value is -4.14. The van der Waals surface area contributed by atoms with Crippen LogP contribution in [0, 0.1) is 13.8 Å². The second kappa shape index (κ2) is 9.38. The molecule has 0 radical (unpaired) electrons. The fourth-order valence-corrected chi connectivity index (χ4v) is 3.73. The van der Waals surface area contributed by atoms with Gasteiger partial charge < -0.3 is 9.15 Å². The second-order valence-electron chi connectivity index (χ2n) is 8.17. The molecule has 3 aromatic heterocycles. The third kappa shape index (κ3) is 4.50. The van der Waals surface area contributed by atoms with E-state index in [1.807, 2.05) is 40.7 Å². The average Bonchev–Trinajstić information content (AvgIpc) is 3.39. The lowest BCUT2D eigenvalue weighted by molar-refractivity contribution is 0.0847. The summed E-state index contributed by atoms with van der Waals surface area (Å²) in [6.45, 7) is 10.1. The molecule has 0 saturated heterocycles. The number of benzene rings is 1. The number of carbonyl (C=O) groups excluding carboxylic acids is 2. The highest BCUT2D eigenvalue weighted by Crippen LogP contribution is 2.30. The smallest absolute Gasteiger partial charge is 0.270 e. The number of furan rings is 1. The lowest BCUT2D eigenvalue weighted by Crippen LogP contribution is -2.41. The van der Waals surface area contributed by atoms with Crippen LogP contribution in [-0.4, -0.2) is 33.2 Å². The van der Waals surface area contributed by atoms with E-state index in [1.54, 1.807) is 41.2 Å². The van der Waals surface area contributed by atoms with Gasteiger partial charge in [-0.1, -0.05) is 0 Å². The molecule has 0 atom stereocenters. The van der Waals surface area contributed by atoms with Gasteiger partial charge in [-0.2, -0.15) is 5.10 Å². The zero-order chi connectivity index (χ0) is 24.4. The summed E-state index contributed by atoms with van der Waals surface area (Å²) < 4.78 is 12.8. The number of pyridine rings is 1. The normalized spacial score (nSPS) is 11.1. The molecule has 0 spiro atoms. The van der Waals surface area contributed by atoms with Crippen molar-refractivity contribution < 1.29 is 18.7 Å². The van der Waals surface area contributed by atoms with E-state index >= 15 is 0 Å². The minimum Gasteiger partial charge on any atom is -0.494 e. The van der Waals surface area contributed by atoms with Crippen molar-refractivity contribution in [3.05, 3.63) is 65.2 Å². The van der Waals surface area contributed by atoms with Gasteiger partial charge in [0.25, 0.3) is 11.8 Å². The third-order valence-electron chi connectivity index (χ3n) is 5.33. The number of ether oxygens (including phenoxy) is 1. The number of rotatable bonds is 6. The van der Waals surface area contributed by atoms with Crippen molar-refractivity contribution >= 4 is 22.8 Å². The first-order valence-corrected chi connectivity index (χ1v) is 11.1. The zero-order valence-corrected chi connectivity index (χ0v) is 19.8. The van der Waals surface area contributed by atoms with Crippen LogP contribution >= 0.6 is 0 Å². The first-order chi connectivity index (χ1) is 16.3. The SMILES string of the molecule is CCOc1ccc(C(=O)NNC(=O)c2cc(-c3cc(C)oc3C)nc3c2cnn3C(C)C)cc1. The largest absolute Gasteiger partial charge is 0.494 e. The summed E-state index contributed by atoms with van der Waals surface area (Å²) in [5.74, 6) is 1.20. The Kier molecular flexibility index (Phi) is 6.36. The van der Waals surface area contributed by atoms with Crippen LogP contribution in [-0.2, 0) is 0 Å². The first kappa shape index (κ1) is 23.0. The summed E-state index contributed by atoms with van der Waals surface area (Å²) in [6.07, 6.45) is 1.61. The summed E-state index contributed by atoms with van der Waals surface area (Å²) in [5, 5.41) is 5.00. The molecule has 0 unspecified atom stereocenters. The highest BCUT2D eigenvalue weighted by Gasteiger charge is 2.21. The molecule has 176 valence electrons. The van der Waals surface area contributed by atoms with E-state index < -0.39 is 11.8 Å². The van der Waals surface area contributed by atoms with E-state index in [4.69, 9.17) is 14.1 Å². The van der Waals surface area contributed by atoms with Gasteiger partial charge in [0, 0.05) is 17.2 Å². The molecule has 2 N–H and O–H groups in total. The van der Waals surface area contributed by atoms with Crippen molar-refractivity contribution in [3.8, 4) is 17.0 Å². The molecule has 3 heterocycles. The van der Waals surface area contributed by atoms with Crippen molar-refractivity contribution in [3.63, 3.8) is 0 Å². The molecule has 34 heavy (non-hydrogen) atoms. The number of fused-ring (bicyclic) bond motifs is 1. The van der Waals surface area contributed by atoms with Crippen molar-refractivity contribution in [2.45, 2.75) is 40.7 Å². The van der Waals surface area contributed by atoms with Crippen LogP contribution in [0.25, 0.3) is 22.3 Å². The lowest BCUT2D eigenvalue weighted by atomic mass is 10.1. The van der Waals surface area contributed by atoms with Gasteiger partial charge in [-0.25, -0.2) is 9.67 Å². The van der Waals surface area contributed by atoms with Crippen LogP contribution in [0.5, 0.6) is 5.75 Å². The summed E-state index contributed by atoms with van der Waals surface area (Å²) >= 11 is 0. The van der Waals surface area contributed by atoms with Crippen LogP contribution in [0.1, 0.15) is 59.0 Å². The van der Waals surface area contributed by atoms with Gasteiger partial charge in [0.2, 0.25) is 0 Å². The second-order valence-corrected chi connectivity index (χ2v) is 8.17. The maximum Gasteiger partial charge on any atom is 0.270 e. The van der Waals surface area contributed by atoms with Crippen molar-refractivity contribution in [2.75, 3.05) is 6.61 Å². The summed E-state index contributed by atoms with van der Waals surface area (Å²) in [7, 11) is 0. The molecular formula is C25H27N5O4. The number of nitrogens with zero attached hydrogens (tertiary/aromatic N) is 3. The molecule has 2 amide bonds. The summed E-state index contributed by atoms with van der Waals surface area (Å²) in [4.78, 5) is 30.5. The lowest BCUT2D eigenvalue weighted by Gasteiger charge is -2.11. The molecule has 0 aliphatic carbocycles.